The lowest BCUT2D eigenvalue weighted by atomic mass is 9.94. The maximum absolute atomic E-state index is 7.29. The molecule has 0 fully saturated rings. The van der Waals surface area contributed by atoms with Crippen molar-refractivity contribution >= 4 is 155 Å². The summed E-state index contributed by atoms with van der Waals surface area (Å²) >= 11 is 0. The molecule has 0 saturated carbocycles. The molecule has 6 nitrogen and oxygen atoms in total. The molecule has 454 valence electrons. The second kappa shape index (κ2) is 23.5. The lowest BCUT2D eigenvalue weighted by Gasteiger charge is -2.28. The highest BCUT2D eigenvalue weighted by atomic mass is 16.3. The molecule has 0 aliphatic carbocycles. The molecule has 0 aliphatic rings. The van der Waals surface area contributed by atoms with Gasteiger partial charge in [-0.25, -0.2) is 0 Å². The van der Waals surface area contributed by atoms with Crippen LogP contribution in [0, 0.1) is 6.92 Å². The van der Waals surface area contributed by atoms with Gasteiger partial charge in [-0.05, 0) is 155 Å². The minimum absolute atomic E-state index is 0.676. The fourth-order valence-electron chi connectivity index (χ4n) is 14.8. The highest BCUT2D eigenvalue weighted by Gasteiger charge is 2.28. The first kappa shape index (κ1) is 56.1. The molecule has 0 spiro atoms. The first-order valence-corrected chi connectivity index (χ1v) is 32.8. The van der Waals surface area contributed by atoms with Crippen LogP contribution in [0.15, 0.2) is 355 Å². The summed E-state index contributed by atoms with van der Waals surface area (Å²) in [7, 11) is 0. The second-order valence-corrected chi connectivity index (χ2v) is 24.8. The van der Waals surface area contributed by atoms with Crippen LogP contribution in [-0.2, 0) is 6.42 Å². The van der Waals surface area contributed by atoms with Crippen LogP contribution in [0.5, 0.6) is 0 Å². The summed E-state index contributed by atoms with van der Waals surface area (Å²) in [5.41, 5.74) is 19.5. The van der Waals surface area contributed by atoms with E-state index in [1.807, 2.05) is 0 Å². The van der Waals surface area contributed by atoms with Gasteiger partial charge in [-0.15, -0.1) is 0 Å². The Labute approximate surface area is 556 Å². The van der Waals surface area contributed by atoms with E-state index < -0.39 is 0 Å². The summed E-state index contributed by atoms with van der Waals surface area (Å²) in [5.74, 6) is 0. The number of rotatable bonds is 14. The standard InChI is InChI=1S/C90H62N4O2/c1-60-28-26-42-69(52-60)93(67-38-16-6-17-39-67)80-57-84-87(75-48-24-21-45-72(75)80)88-76-49-25-22-46-73(76)81(58-85(88)95-84)94(68-40-18-7-19-41-68)70-43-27-29-61(54-70)53-62-50-51-77-78(55-62)82(92(65-34-12-4-13-35-65)66-36-14-5-15-37-66)59-86-90(77)89-74-47-23-20-44-71(74)79(56-83(89)96-86)91(63-30-8-2-9-31-63)64-32-10-3-11-33-64/h2-52,54-59H,53H2,1H3. The molecule has 18 rings (SSSR count). The normalized spacial score (nSPS) is 11.6. The first-order valence-electron chi connectivity index (χ1n) is 32.8. The summed E-state index contributed by atoms with van der Waals surface area (Å²) in [5, 5.41) is 13.4. The third kappa shape index (κ3) is 9.65. The van der Waals surface area contributed by atoms with Crippen molar-refractivity contribution in [3.8, 4) is 0 Å². The van der Waals surface area contributed by atoms with Crippen molar-refractivity contribution in [3.63, 3.8) is 0 Å². The van der Waals surface area contributed by atoms with Gasteiger partial charge in [0.1, 0.15) is 22.3 Å². The zero-order chi connectivity index (χ0) is 63.6. The van der Waals surface area contributed by atoms with Crippen LogP contribution in [-0.4, -0.2) is 0 Å². The van der Waals surface area contributed by atoms with Gasteiger partial charge in [0.25, 0.3) is 0 Å². The first-order chi connectivity index (χ1) is 47.5. The van der Waals surface area contributed by atoms with E-state index in [9.17, 15) is 0 Å². The summed E-state index contributed by atoms with van der Waals surface area (Å²) in [6.07, 6.45) is 0.676. The molecule has 0 bridgehead atoms. The quantitative estimate of drug-likeness (QED) is 0.108. The van der Waals surface area contributed by atoms with Crippen molar-refractivity contribution in [2.75, 3.05) is 19.6 Å². The van der Waals surface area contributed by atoms with Gasteiger partial charge < -0.3 is 28.4 Å². The largest absolute Gasteiger partial charge is 0.456 e. The number of anilines is 12. The van der Waals surface area contributed by atoms with Crippen molar-refractivity contribution in [2.24, 2.45) is 0 Å². The predicted octanol–water partition coefficient (Wildman–Crippen LogP) is 25.9. The molecule has 18 aromatic rings. The highest BCUT2D eigenvalue weighted by molar-refractivity contribution is 6.32. The molecular formula is C90H62N4O2. The topological polar surface area (TPSA) is 39.2 Å². The minimum atomic E-state index is 0.676. The lowest BCUT2D eigenvalue weighted by molar-refractivity contribution is 0.669. The van der Waals surface area contributed by atoms with Gasteiger partial charge in [0.2, 0.25) is 0 Å². The average Bonchev–Trinajstić information content (AvgIpc) is 1.52. The molecule has 6 heteroatoms. The second-order valence-electron chi connectivity index (χ2n) is 24.8. The average molecular weight is 1230 g/mol. The molecule has 0 aliphatic heterocycles. The smallest absolute Gasteiger partial charge is 0.138 e. The monoisotopic (exact) mass is 1230 g/mol. The van der Waals surface area contributed by atoms with Crippen LogP contribution in [0.3, 0.4) is 0 Å². The van der Waals surface area contributed by atoms with Crippen molar-refractivity contribution < 1.29 is 8.83 Å². The maximum atomic E-state index is 7.29. The van der Waals surface area contributed by atoms with Gasteiger partial charge in [0, 0.05) is 113 Å². The maximum Gasteiger partial charge on any atom is 0.138 e. The number of aryl methyl sites for hydroxylation is 1. The van der Waals surface area contributed by atoms with Crippen LogP contribution >= 0.6 is 0 Å². The third-order valence-electron chi connectivity index (χ3n) is 18.9. The van der Waals surface area contributed by atoms with E-state index in [0.29, 0.717) is 6.42 Å². The third-order valence-corrected chi connectivity index (χ3v) is 18.9. The fraction of sp³-hybridized carbons (Fsp3) is 0.0222. The van der Waals surface area contributed by atoms with Crippen molar-refractivity contribution in [1.29, 1.82) is 0 Å². The molecule has 0 saturated heterocycles. The number of hydrogen-bond acceptors (Lipinski definition) is 6. The highest BCUT2D eigenvalue weighted by Crippen LogP contribution is 2.52. The molecular weight excluding hydrogens is 1170 g/mol. The summed E-state index contributed by atoms with van der Waals surface area (Å²) < 4.78 is 14.6. The van der Waals surface area contributed by atoms with E-state index in [4.69, 9.17) is 8.83 Å². The van der Waals surface area contributed by atoms with E-state index in [1.54, 1.807) is 0 Å². The van der Waals surface area contributed by atoms with E-state index >= 15 is 0 Å². The van der Waals surface area contributed by atoms with Gasteiger partial charge in [-0.1, -0.05) is 218 Å². The summed E-state index contributed by atoms with van der Waals surface area (Å²) in [6.45, 7) is 2.15. The Kier molecular flexibility index (Phi) is 13.7. The molecule has 96 heavy (non-hydrogen) atoms. The van der Waals surface area contributed by atoms with Crippen molar-refractivity contribution in [2.45, 2.75) is 13.3 Å². The van der Waals surface area contributed by atoms with Crippen LogP contribution in [0.4, 0.5) is 68.2 Å². The van der Waals surface area contributed by atoms with Crippen molar-refractivity contribution in [1.82, 2.24) is 0 Å². The summed E-state index contributed by atoms with van der Waals surface area (Å²) in [6, 6.07) is 124. The molecule has 2 heterocycles. The van der Waals surface area contributed by atoms with Crippen LogP contribution in [0.25, 0.3) is 87.0 Å². The number of nitrogens with zero attached hydrogens (tertiary/aromatic N) is 4. The van der Waals surface area contributed by atoms with Gasteiger partial charge in [0.15, 0.2) is 0 Å². The Morgan fingerprint density at radius 1 is 0.208 bits per heavy atom. The van der Waals surface area contributed by atoms with Gasteiger partial charge in [-0.3, -0.25) is 0 Å². The molecule has 0 amide bonds. The number of furan rings is 2. The Morgan fingerprint density at radius 2 is 0.479 bits per heavy atom. The minimum Gasteiger partial charge on any atom is -0.456 e. The Bertz CT molecular complexity index is 5880. The zero-order valence-corrected chi connectivity index (χ0v) is 52.7. The molecule has 2 aromatic heterocycles. The molecule has 16 aromatic carbocycles. The van der Waals surface area contributed by atoms with E-state index in [1.165, 1.54) is 16.7 Å². The number of benzene rings is 16. The van der Waals surface area contributed by atoms with Crippen molar-refractivity contribution in [3.05, 3.63) is 362 Å². The SMILES string of the molecule is Cc1cccc(N(c2ccccc2)c2cc3oc4cc(N(c5ccccc5)c5cccc(Cc6ccc7c(c6)c(N(c6ccccc6)c6ccccc6)cc6oc8cc(N(c9ccccc9)c9ccccc9)c9ccccc9c8c67)c5)c5ccccc5c4c3c3ccccc23)c1. The number of para-hydroxylation sites is 6. The van der Waals surface area contributed by atoms with Gasteiger partial charge in [-0.2, -0.15) is 0 Å². The van der Waals surface area contributed by atoms with E-state index in [0.717, 1.165) is 155 Å². The zero-order valence-electron chi connectivity index (χ0n) is 52.7. The number of fused-ring (bicyclic) bond motifs is 14. The Morgan fingerprint density at radius 3 is 0.833 bits per heavy atom. The van der Waals surface area contributed by atoms with E-state index in [2.05, 4.69) is 372 Å². The lowest BCUT2D eigenvalue weighted by Crippen LogP contribution is -2.11. The molecule has 0 atom stereocenters. The Balaban J connectivity index is 0.802. The molecule has 0 N–H and O–H groups in total. The van der Waals surface area contributed by atoms with Crippen LogP contribution in [0.2, 0.25) is 0 Å². The summed E-state index contributed by atoms with van der Waals surface area (Å²) in [4.78, 5) is 9.49. The van der Waals surface area contributed by atoms with Crippen LogP contribution in [0.1, 0.15) is 16.7 Å². The van der Waals surface area contributed by atoms with Crippen LogP contribution < -0.4 is 19.6 Å². The Hall–Kier alpha value is -12.6. The van der Waals surface area contributed by atoms with Gasteiger partial charge >= 0.3 is 0 Å². The molecule has 0 unspecified atom stereocenters. The van der Waals surface area contributed by atoms with E-state index in [-0.39, 0.29) is 0 Å². The number of hydrogen-bond donors (Lipinski definition) is 0. The molecule has 0 radical (unpaired) electrons. The van der Waals surface area contributed by atoms with Gasteiger partial charge in [0.05, 0.1) is 22.7 Å². The predicted molar refractivity (Wildman–Crippen MR) is 404 cm³/mol. The fourth-order valence-corrected chi connectivity index (χ4v) is 14.8.